The second kappa shape index (κ2) is 8.25. The quantitative estimate of drug-likeness (QED) is 0.245. The maximum Gasteiger partial charge on any atom is 0.255 e. The fraction of sp³-hybridized carbons (Fsp3) is 0.0690. The molecule has 0 radical (unpaired) electrons. The normalized spacial score (nSPS) is 11.3. The molecular weight excluding hydrogens is 438 g/mol. The van der Waals surface area contributed by atoms with E-state index in [0.717, 1.165) is 38.1 Å². The molecule has 0 spiro atoms. The van der Waals surface area contributed by atoms with Crippen LogP contribution in [0.2, 0.25) is 0 Å². The van der Waals surface area contributed by atoms with E-state index >= 15 is 0 Å². The Balaban J connectivity index is 1.45. The lowest BCUT2D eigenvalue weighted by atomic mass is 9.99. The molecule has 1 amide bonds. The van der Waals surface area contributed by atoms with Crippen LogP contribution >= 0.6 is 0 Å². The van der Waals surface area contributed by atoms with Gasteiger partial charge in [-0.25, -0.2) is 9.97 Å². The van der Waals surface area contributed by atoms with E-state index in [1.54, 1.807) is 32.4 Å². The van der Waals surface area contributed by atoms with E-state index in [4.69, 9.17) is 19.4 Å². The summed E-state index contributed by atoms with van der Waals surface area (Å²) in [6.07, 6.45) is 0. The van der Waals surface area contributed by atoms with Gasteiger partial charge in [-0.15, -0.1) is 0 Å². The Morgan fingerprint density at radius 2 is 1.26 bits per heavy atom. The summed E-state index contributed by atoms with van der Waals surface area (Å²) in [6.45, 7) is 0. The standard InChI is InChI=1S/C29H21N3O3/c1-34-25-14-11-17(15-26(25)35-2)29(33)30-18-12-13-23-24(16-18)32-28-22-10-6-4-8-20(22)19-7-3-5-9-21(19)27(28)31-23/h3-16H,1-2H3,(H,30,33). The van der Waals surface area contributed by atoms with Crippen LogP contribution in [0.1, 0.15) is 10.4 Å². The summed E-state index contributed by atoms with van der Waals surface area (Å²) < 4.78 is 10.6. The molecule has 0 aliphatic carbocycles. The van der Waals surface area contributed by atoms with Gasteiger partial charge in [0, 0.05) is 22.0 Å². The van der Waals surface area contributed by atoms with Crippen LogP contribution in [0.25, 0.3) is 43.6 Å². The molecule has 0 aliphatic rings. The number of ether oxygens (including phenoxy) is 2. The van der Waals surface area contributed by atoms with Crippen LogP contribution in [0.5, 0.6) is 11.5 Å². The van der Waals surface area contributed by atoms with Crippen LogP contribution in [-0.2, 0) is 0 Å². The second-order valence-electron chi connectivity index (χ2n) is 8.24. The lowest BCUT2D eigenvalue weighted by Gasteiger charge is -2.12. The van der Waals surface area contributed by atoms with Crippen molar-refractivity contribution in [1.82, 2.24) is 9.97 Å². The number of anilines is 1. The van der Waals surface area contributed by atoms with Gasteiger partial charge in [0.15, 0.2) is 11.5 Å². The number of aromatic nitrogens is 2. The summed E-state index contributed by atoms with van der Waals surface area (Å²) in [5.74, 6) is 0.808. The number of rotatable bonds is 4. The number of fused-ring (bicyclic) bond motifs is 7. The van der Waals surface area contributed by atoms with Gasteiger partial charge >= 0.3 is 0 Å². The molecule has 1 N–H and O–H groups in total. The molecule has 6 aromatic rings. The van der Waals surface area contributed by atoms with E-state index in [2.05, 4.69) is 29.6 Å². The highest BCUT2D eigenvalue weighted by molar-refractivity contribution is 6.23. The molecule has 6 nitrogen and oxygen atoms in total. The first-order valence-corrected chi connectivity index (χ1v) is 11.2. The van der Waals surface area contributed by atoms with E-state index in [-0.39, 0.29) is 5.91 Å². The highest BCUT2D eigenvalue weighted by Gasteiger charge is 2.14. The van der Waals surface area contributed by atoms with Gasteiger partial charge in [-0.1, -0.05) is 48.5 Å². The zero-order chi connectivity index (χ0) is 23.9. The van der Waals surface area contributed by atoms with E-state index < -0.39 is 0 Å². The maximum absolute atomic E-state index is 12.9. The number of hydrogen-bond acceptors (Lipinski definition) is 5. The summed E-state index contributed by atoms with van der Waals surface area (Å²) >= 11 is 0. The minimum atomic E-state index is -0.254. The van der Waals surface area contributed by atoms with Crippen LogP contribution in [0.4, 0.5) is 5.69 Å². The molecule has 1 aromatic heterocycles. The summed E-state index contributed by atoms with van der Waals surface area (Å²) in [5, 5.41) is 7.37. The SMILES string of the molecule is COc1ccc(C(=O)Nc2ccc3nc4c5ccccc5c5ccccc5c4nc3c2)cc1OC. The highest BCUT2D eigenvalue weighted by Crippen LogP contribution is 2.34. The Morgan fingerprint density at radius 3 is 1.89 bits per heavy atom. The van der Waals surface area contributed by atoms with Crippen molar-refractivity contribution in [2.75, 3.05) is 19.5 Å². The molecule has 6 rings (SSSR count). The third kappa shape index (κ3) is 3.47. The second-order valence-corrected chi connectivity index (χ2v) is 8.24. The molecule has 0 bridgehead atoms. The molecule has 0 saturated carbocycles. The van der Waals surface area contributed by atoms with Gasteiger partial charge in [-0.2, -0.15) is 0 Å². The van der Waals surface area contributed by atoms with Crippen LogP contribution in [0, 0.1) is 0 Å². The van der Waals surface area contributed by atoms with E-state index in [9.17, 15) is 4.79 Å². The Labute approximate surface area is 201 Å². The van der Waals surface area contributed by atoms with Crippen molar-refractivity contribution < 1.29 is 14.3 Å². The molecular formula is C29H21N3O3. The molecule has 0 unspecified atom stereocenters. The predicted octanol–water partition coefficient (Wildman–Crippen LogP) is 6.36. The average Bonchev–Trinajstić information content (AvgIpc) is 2.91. The molecule has 35 heavy (non-hydrogen) atoms. The predicted molar refractivity (Wildman–Crippen MR) is 140 cm³/mol. The summed E-state index contributed by atoms with van der Waals surface area (Å²) in [7, 11) is 3.10. The minimum absolute atomic E-state index is 0.254. The Hall–Kier alpha value is -4.71. The van der Waals surface area contributed by atoms with E-state index in [1.807, 2.05) is 42.5 Å². The van der Waals surface area contributed by atoms with Gasteiger partial charge in [0.05, 0.1) is 36.3 Å². The van der Waals surface area contributed by atoms with Crippen molar-refractivity contribution in [3.63, 3.8) is 0 Å². The number of hydrogen-bond donors (Lipinski definition) is 1. The number of methoxy groups -OCH3 is 2. The number of carbonyl (C=O) groups excluding carboxylic acids is 1. The Morgan fingerprint density at radius 1 is 0.657 bits per heavy atom. The number of nitrogens with one attached hydrogen (secondary N) is 1. The first-order chi connectivity index (χ1) is 17.2. The minimum Gasteiger partial charge on any atom is -0.493 e. The Kier molecular flexibility index (Phi) is 4.92. The number of nitrogens with zero attached hydrogens (tertiary/aromatic N) is 2. The van der Waals surface area contributed by atoms with Crippen LogP contribution < -0.4 is 14.8 Å². The van der Waals surface area contributed by atoms with E-state index in [0.29, 0.717) is 28.3 Å². The molecule has 170 valence electrons. The molecule has 0 atom stereocenters. The van der Waals surface area contributed by atoms with Crippen molar-refractivity contribution in [2.24, 2.45) is 0 Å². The molecule has 0 fully saturated rings. The smallest absolute Gasteiger partial charge is 0.255 e. The molecule has 0 saturated heterocycles. The van der Waals surface area contributed by atoms with Gasteiger partial charge in [-0.05, 0) is 47.2 Å². The van der Waals surface area contributed by atoms with Gasteiger partial charge in [0.2, 0.25) is 0 Å². The fourth-order valence-corrected chi connectivity index (χ4v) is 4.54. The summed E-state index contributed by atoms with van der Waals surface area (Å²) in [6, 6.07) is 27.2. The van der Waals surface area contributed by atoms with Gasteiger partial charge in [-0.3, -0.25) is 4.79 Å². The third-order valence-electron chi connectivity index (χ3n) is 6.22. The van der Waals surface area contributed by atoms with E-state index in [1.165, 1.54) is 0 Å². The lowest BCUT2D eigenvalue weighted by Crippen LogP contribution is -2.12. The number of benzene rings is 5. The largest absolute Gasteiger partial charge is 0.493 e. The molecule has 0 aliphatic heterocycles. The van der Waals surface area contributed by atoms with Gasteiger partial charge in [0.25, 0.3) is 5.91 Å². The maximum atomic E-state index is 12.9. The first kappa shape index (κ1) is 20.9. The lowest BCUT2D eigenvalue weighted by molar-refractivity contribution is 0.102. The van der Waals surface area contributed by atoms with Crippen molar-refractivity contribution in [2.45, 2.75) is 0 Å². The zero-order valence-electron chi connectivity index (χ0n) is 19.2. The molecule has 6 heteroatoms. The summed E-state index contributed by atoms with van der Waals surface area (Å²) in [4.78, 5) is 22.9. The molecule has 5 aromatic carbocycles. The zero-order valence-corrected chi connectivity index (χ0v) is 19.2. The third-order valence-corrected chi connectivity index (χ3v) is 6.22. The van der Waals surface area contributed by atoms with Gasteiger partial charge < -0.3 is 14.8 Å². The van der Waals surface area contributed by atoms with Crippen molar-refractivity contribution >= 4 is 55.2 Å². The molecule has 1 heterocycles. The van der Waals surface area contributed by atoms with Crippen molar-refractivity contribution in [3.8, 4) is 11.5 Å². The van der Waals surface area contributed by atoms with Crippen LogP contribution in [0.3, 0.4) is 0 Å². The van der Waals surface area contributed by atoms with Crippen molar-refractivity contribution in [3.05, 3.63) is 90.5 Å². The first-order valence-electron chi connectivity index (χ1n) is 11.2. The Bertz CT molecular complexity index is 1780. The topological polar surface area (TPSA) is 73.3 Å². The average molecular weight is 460 g/mol. The van der Waals surface area contributed by atoms with Crippen LogP contribution in [0.15, 0.2) is 84.9 Å². The van der Waals surface area contributed by atoms with Crippen molar-refractivity contribution in [1.29, 1.82) is 0 Å². The highest BCUT2D eigenvalue weighted by atomic mass is 16.5. The summed E-state index contributed by atoms with van der Waals surface area (Å²) in [5.41, 5.74) is 4.29. The number of amides is 1. The van der Waals surface area contributed by atoms with Gasteiger partial charge in [0.1, 0.15) is 0 Å². The van der Waals surface area contributed by atoms with Crippen LogP contribution in [-0.4, -0.2) is 30.1 Å². The fourth-order valence-electron chi connectivity index (χ4n) is 4.54. The monoisotopic (exact) mass is 459 g/mol. The number of carbonyl (C=O) groups is 1.